The fourth-order valence-electron chi connectivity index (χ4n) is 2.28. The Morgan fingerprint density at radius 1 is 1.12 bits per heavy atom. The van der Waals surface area contributed by atoms with E-state index in [0.29, 0.717) is 5.92 Å². The van der Waals surface area contributed by atoms with E-state index in [0.717, 1.165) is 44.2 Å². The monoisotopic (exact) mass is 345 g/mol. The third-order valence-electron chi connectivity index (χ3n) is 3.70. The zero-order valence-corrected chi connectivity index (χ0v) is 15.3. The van der Waals surface area contributed by atoms with Gasteiger partial charge in [0, 0.05) is 30.9 Å². The van der Waals surface area contributed by atoms with Crippen LogP contribution in [-0.4, -0.2) is 32.7 Å². The molecule has 0 aliphatic carbocycles. The van der Waals surface area contributed by atoms with Crippen molar-refractivity contribution < 1.29 is 4.74 Å². The first-order chi connectivity index (χ1) is 11.8. The summed E-state index contributed by atoms with van der Waals surface area (Å²) in [7, 11) is 1.81. The molecule has 1 aromatic heterocycles. The van der Waals surface area contributed by atoms with Gasteiger partial charge >= 0.3 is 0 Å². The topological polar surface area (TPSA) is 45.7 Å². The van der Waals surface area contributed by atoms with Crippen LogP contribution < -0.4 is 15.4 Å². The molecule has 2 rings (SSSR count). The summed E-state index contributed by atoms with van der Waals surface area (Å²) in [5, 5.41) is 8.87. The summed E-state index contributed by atoms with van der Waals surface area (Å²) in [5.74, 6) is 2.29. The molecule has 0 radical (unpaired) electrons. The van der Waals surface area contributed by atoms with Crippen molar-refractivity contribution in [2.24, 2.45) is 4.99 Å². The Morgan fingerprint density at radius 2 is 1.96 bits per heavy atom. The summed E-state index contributed by atoms with van der Waals surface area (Å²) in [4.78, 5) is 5.67. The minimum absolute atomic E-state index is 0.489. The van der Waals surface area contributed by atoms with Gasteiger partial charge < -0.3 is 15.4 Å². The molecule has 0 fully saturated rings. The highest BCUT2D eigenvalue weighted by Crippen LogP contribution is 2.19. The first-order valence-corrected chi connectivity index (χ1v) is 9.33. The first-order valence-electron chi connectivity index (χ1n) is 8.45. The Bertz CT molecular complexity index is 584. The number of rotatable bonds is 9. The summed E-state index contributed by atoms with van der Waals surface area (Å²) < 4.78 is 5.69. The van der Waals surface area contributed by atoms with Crippen LogP contribution in [0.5, 0.6) is 5.75 Å². The summed E-state index contributed by atoms with van der Waals surface area (Å²) in [6.07, 6.45) is 2.07. The van der Waals surface area contributed by atoms with Gasteiger partial charge in [0.25, 0.3) is 0 Å². The SMILES string of the molecule is CN=C(NCCCCOc1ccccc1)NCC(C)c1cccs1. The molecule has 1 unspecified atom stereocenters. The molecule has 0 aliphatic heterocycles. The van der Waals surface area contributed by atoms with Crippen molar-refractivity contribution >= 4 is 17.3 Å². The lowest BCUT2D eigenvalue weighted by atomic mass is 10.1. The maximum absolute atomic E-state index is 5.69. The lowest BCUT2D eigenvalue weighted by molar-refractivity contribution is 0.307. The zero-order chi connectivity index (χ0) is 17.0. The quantitative estimate of drug-likeness (QED) is 0.412. The van der Waals surface area contributed by atoms with Crippen LogP contribution in [0.25, 0.3) is 0 Å². The maximum atomic E-state index is 5.69. The van der Waals surface area contributed by atoms with Crippen molar-refractivity contribution in [1.29, 1.82) is 0 Å². The van der Waals surface area contributed by atoms with Crippen molar-refractivity contribution in [3.05, 3.63) is 52.7 Å². The van der Waals surface area contributed by atoms with Crippen LogP contribution in [-0.2, 0) is 0 Å². The molecular formula is C19H27N3OS. The Morgan fingerprint density at radius 3 is 2.67 bits per heavy atom. The third kappa shape index (κ3) is 6.62. The number of hydrogen-bond acceptors (Lipinski definition) is 3. The van der Waals surface area contributed by atoms with Gasteiger partial charge in [-0.05, 0) is 36.4 Å². The second kappa shape index (κ2) is 10.7. The van der Waals surface area contributed by atoms with Gasteiger partial charge in [0.2, 0.25) is 0 Å². The minimum Gasteiger partial charge on any atom is -0.494 e. The van der Waals surface area contributed by atoms with Gasteiger partial charge in [-0.25, -0.2) is 0 Å². The largest absolute Gasteiger partial charge is 0.494 e. The highest BCUT2D eigenvalue weighted by molar-refractivity contribution is 7.10. The second-order valence-electron chi connectivity index (χ2n) is 5.66. The van der Waals surface area contributed by atoms with E-state index in [9.17, 15) is 0 Å². The van der Waals surface area contributed by atoms with E-state index in [-0.39, 0.29) is 0 Å². The lowest BCUT2D eigenvalue weighted by Crippen LogP contribution is -2.39. The third-order valence-corrected chi connectivity index (χ3v) is 4.81. The average Bonchev–Trinajstić information content (AvgIpc) is 3.16. The summed E-state index contributed by atoms with van der Waals surface area (Å²) in [5.41, 5.74) is 0. The van der Waals surface area contributed by atoms with Crippen LogP contribution >= 0.6 is 11.3 Å². The highest BCUT2D eigenvalue weighted by atomic mass is 32.1. The molecule has 1 atom stereocenters. The Kier molecular flexibility index (Phi) is 8.18. The Labute approximate surface area is 149 Å². The Hall–Kier alpha value is -2.01. The van der Waals surface area contributed by atoms with E-state index in [1.54, 1.807) is 11.3 Å². The van der Waals surface area contributed by atoms with Crippen molar-refractivity contribution in [3.8, 4) is 5.75 Å². The van der Waals surface area contributed by atoms with Gasteiger partial charge in [0.1, 0.15) is 5.75 Å². The van der Waals surface area contributed by atoms with E-state index >= 15 is 0 Å². The van der Waals surface area contributed by atoms with E-state index in [2.05, 4.69) is 40.1 Å². The van der Waals surface area contributed by atoms with Crippen LogP contribution in [0, 0.1) is 0 Å². The van der Waals surface area contributed by atoms with Crippen LogP contribution in [0.15, 0.2) is 52.8 Å². The summed E-state index contributed by atoms with van der Waals surface area (Å²) in [6.45, 7) is 4.75. The van der Waals surface area contributed by atoms with E-state index in [1.165, 1.54) is 4.88 Å². The van der Waals surface area contributed by atoms with Crippen LogP contribution in [0.2, 0.25) is 0 Å². The summed E-state index contributed by atoms with van der Waals surface area (Å²) >= 11 is 1.80. The highest BCUT2D eigenvalue weighted by Gasteiger charge is 2.07. The Balaban J connectivity index is 1.55. The molecule has 2 N–H and O–H groups in total. The van der Waals surface area contributed by atoms with Gasteiger partial charge in [0.05, 0.1) is 6.61 Å². The van der Waals surface area contributed by atoms with Gasteiger partial charge in [-0.3, -0.25) is 4.99 Å². The van der Waals surface area contributed by atoms with Gasteiger partial charge in [0.15, 0.2) is 5.96 Å². The molecule has 24 heavy (non-hydrogen) atoms. The number of ether oxygens (including phenoxy) is 1. The van der Waals surface area contributed by atoms with Crippen molar-refractivity contribution in [2.75, 3.05) is 26.7 Å². The molecule has 0 amide bonds. The number of hydrogen-bond donors (Lipinski definition) is 2. The predicted molar refractivity (Wildman–Crippen MR) is 103 cm³/mol. The molecule has 1 heterocycles. The number of nitrogens with one attached hydrogen (secondary N) is 2. The second-order valence-corrected chi connectivity index (χ2v) is 6.64. The average molecular weight is 346 g/mol. The smallest absolute Gasteiger partial charge is 0.190 e. The molecule has 0 saturated carbocycles. The molecule has 130 valence electrons. The standard InChI is InChI=1S/C19H27N3OS/c1-16(18-11-8-14-24-18)15-22-19(20-2)21-12-6-7-13-23-17-9-4-3-5-10-17/h3-5,8-11,14,16H,6-7,12-13,15H2,1-2H3,(H2,20,21,22). The number of benzene rings is 1. The molecule has 2 aromatic rings. The van der Waals surface area contributed by atoms with Gasteiger partial charge in [-0.2, -0.15) is 0 Å². The van der Waals surface area contributed by atoms with Crippen LogP contribution in [0.3, 0.4) is 0 Å². The molecule has 5 heteroatoms. The molecular weight excluding hydrogens is 318 g/mol. The number of unbranched alkanes of at least 4 members (excludes halogenated alkanes) is 1. The molecule has 1 aromatic carbocycles. The zero-order valence-electron chi connectivity index (χ0n) is 14.5. The van der Waals surface area contributed by atoms with Crippen molar-refractivity contribution in [2.45, 2.75) is 25.7 Å². The number of thiophene rings is 1. The van der Waals surface area contributed by atoms with Crippen LogP contribution in [0.4, 0.5) is 0 Å². The number of nitrogens with zero attached hydrogens (tertiary/aromatic N) is 1. The maximum Gasteiger partial charge on any atom is 0.190 e. The number of para-hydroxylation sites is 1. The predicted octanol–water partition coefficient (Wildman–Crippen LogP) is 3.88. The molecule has 0 aliphatic rings. The molecule has 0 saturated heterocycles. The molecule has 0 bridgehead atoms. The minimum atomic E-state index is 0.489. The van der Waals surface area contributed by atoms with E-state index < -0.39 is 0 Å². The first kappa shape index (κ1) is 18.3. The van der Waals surface area contributed by atoms with Crippen LogP contribution in [0.1, 0.15) is 30.6 Å². The lowest BCUT2D eigenvalue weighted by Gasteiger charge is -2.15. The number of guanidine groups is 1. The summed E-state index contributed by atoms with van der Waals surface area (Å²) in [6, 6.07) is 14.2. The van der Waals surface area contributed by atoms with Crippen molar-refractivity contribution in [3.63, 3.8) is 0 Å². The molecule has 0 spiro atoms. The molecule has 4 nitrogen and oxygen atoms in total. The van der Waals surface area contributed by atoms with Crippen molar-refractivity contribution in [1.82, 2.24) is 10.6 Å². The fourth-order valence-corrected chi connectivity index (χ4v) is 3.07. The van der Waals surface area contributed by atoms with Gasteiger partial charge in [-0.1, -0.05) is 31.2 Å². The number of aliphatic imine (C=N–C) groups is 1. The van der Waals surface area contributed by atoms with E-state index in [1.807, 2.05) is 37.4 Å². The fraction of sp³-hybridized carbons (Fsp3) is 0.421. The van der Waals surface area contributed by atoms with E-state index in [4.69, 9.17) is 4.74 Å². The normalized spacial score (nSPS) is 12.7. The van der Waals surface area contributed by atoms with Gasteiger partial charge in [-0.15, -0.1) is 11.3 Å².